The molecule has 0 unspecified atom stereocenters. The summed E-state index contributed by atoms with van der Waals surface area (Å²) in [6.45, 7) is 1.13. The number of aliphatic hydroxyl groups excluding tert-OH is 1. The highest BCUT2D eigenvalue weighted by atomic mass is 16.6. The Labute approximate surface area is 70.8 Å². The molecule has 3 N–H and O–H groups in total. The monoisotopic (exact) mass is 178 g/mol. The molecule has 0 saturated heterocycles. The molecule has 0 radical (unpaired) electrons. The Hall–Kier alpha value is -0.690. The molecule has 0 aromatic carbocycles. The van der Waals surface area contributed by atoms with Crippen LogP contribution in [0, 0.1) is 0 Å². The Morgan fingerprint density at radius 2 is 2.00 bits per heavy atom. The Kier molecular flexibility index (Phi) is 7.92. The number of amides is 1. The van der Waals surface area contributed by atoms with Crippen LogP contribution in [-0.2, 0) is 14.3 Å². The number of hydrogen-bond donors (Lipinski definition) is 2. The molecule has 0 rings (SSSR count). The van der Waals surface area contributed by atoms with Crippen LogP contribution < -0.4 is 5.84 Å². The van der Waals surface area contributed by atoms with E-state index in [4.69, 9.17) is 15.7 Å². The van der Waals surface area contributed by atoms with Crippen LogP contribution in [0.3, 0.4) is 0 Å². The van der Waals surface area contributed by atoms with Crippen LogP contribution in [-0.4, -0.2) is 49.7 Å². The van der Waals surface area contributed by atoms with Crippen LogP contribution >= 0.6 is 0 Å². The van der Waals surface area contributed by atoms with Crippen molar-refractivity contribution in [2.24, 2.45) is 5.84 Å². The van der Waals surface area contributed by atoms with Crippen molar-refractivity contribution >= 4 is 6.41 Å². The summed E-state index contributed by atoms with van der Waals surface area (Å²) in [6.07, 6.45) is 0.521. The van der Waals surface area contributed by atoms with Crippen molar-refractivity contribution in [1.29, 1.82) is 0 Å². The van der Waals surface area contributed by atoms with Crippen molar-refractivity contribution in [2.45, 2.75) is 0 Å². The van der Waals surface area contributed by atoms with Crippen LogP contribution in [0.25, 0.3) is 0 Å². The average molecular weight is 178 g/mol. The zero-order valence-corrected chi connectivity index (χ0v) is 6.81. The maximum absolute atomic E-state index is 9.96. The molecule has 0 aliphatic heterocycles. The molecule has 6 nitrogen and oxygen atoms in total. The van der Waals surface area contributed by atoms with Gasteiger partial charge in [-0.15, -0.1) is 0 Å². The van der Waals surface area contributed by atoms with Crippen LogP contribution in [0.4, 0.5) is 0 Å². The number of hydrazine groups is 1. The molecule has 1 amide bonds. The maximum Gasteiger partial charge on any atom is 0.223 e. The van der Waals surface area contributed by atoms with E-state index in [1.807, 2.05) is 0 Å². The summed E-state index contributed by atoms with van der Waals surface area (Å²) in [6, 6.07) is 0. The van der Waals surface area contributed by atoms with Gasteiger partial charge in [-0.1, -0.05) is 0 Å². The lowest BCUT2D eigenvalue weighted by Gasteiger charge is -2.09. The van der Waals surface area contributed by atoms with Gasteiger partial charge < -0.3 is 14.6 Å². The summed E-state index contributed by atoms with van der Waals surface area (Å²) >= 11 is 0. The fourth-order valence-corrected chi connectivity index (χ4v) is 0.507. The minimum Gasteiger partial charge on any atom is -0.377 e. The average Bonchev–Trinajstić information content (AvgIpc) is 2.10. The van der Waals surface area contributed by atoms with E-state index in [2.05, 4.69) is 4.74 Å². The molecule has 0 bridgehead atoms. The van der Waals surface area contributed by atoms with Gasteiger partial charge in [0.05, 0.1) is 26.4 Å². The molecule has 0 spiro atoms. The molecule has 0 aromatic rings. The first-order chi connectivity index (χ1) is 5.81. The number of aliphatic hydroxyl groups is 1. The van der Waals surface area contributed by atoms with E-state index < -0.39 is 0 Å². The van der Waals surface area contributed by atoms with Gasteiger partial charge in [0.2, 0.25) is 6.41 Å². The highest BCUT2D eigenvalue weighted by molar-refractivity contribution is 5.45. The van der Waals surface area contributed by atoms with Crippen molar-refractivity contribution in [3.05, 3.63) is 0 Å². The number of hydrogen-bond acceptors (Lipinski definition) is 5. The zero-order chi connectivity index (χ0) is 9.23. The van der Waals surface area contributed by atoms with Crippen molar-refractivity contribution in [2.75, 3.05) is 33.2 Å². The summed E-state index contributed by atoms with van der Waals surface area (Å²) in [5, 5.41) is 9.19. The van der Waals surface area contributed by atoms with Gasteiger partial charge in [-0.25, -0.2) is 5.84 Å². The summed E-state index contributed by atoms with van der Waals surface area (Å²) in [5.41, 5.74) is 0. The van der Waals surface area contributed by atoms with Gasteiger partial charge in [-0.3, -0.25) is 9.80 Å². The topological polar surface area (TPSA) is 85.0 Å². The number of nitrogens with two attached hydrogens (primary N) is 1. The van der Waals surface area contributed by atoms with Crippen molar-refractivity contribution < 1.29 is 19.4 Å². The van der Waals surface area contributed by atoms with E-state index in [-0.39, 0.29) is 6.79 Å². The molecule has 72 valence electrons. The Balaban J connectivity index is 2.95. The van der Waals surface area contributed by atoms with Gasteiger partial charge in [0.25, 0.3) is 0 Å². The molecule has 0 fully saturated rings. The molecular weight excluding hydrogens is 164 g/mol. The van der Waals surface area contributed by atoms with Gasteiger partial charge in [0.1, 0.15) is 6.79 Å². The lowest BCUT2D eigenvalue weighted by molar-refractivity contribution is -0.119. The number of carbonyl (C=O) groups excluding carboxylic acids is 1. The Morgan fingerprint density at radius 1 is 1.33 bits per heavy atom. The fourth-order valence-electron chi connectivity index (χ4n) is 0.507. The minimum absolute atomic E-state index is 0.305. The highest BCUT2D eigenvalue weighted by Crippen LogP contribution is 1.78. The second-order valence-electron chi connectivity index (χ2n) is 1.99. The van der Waals surface area contributed by atoms with E-state index in [0.717, 1.165) is 5.01 Å². The predicted molar refractivity (Wildman–Crippen MR) is 40.8 cm³/mol. The van der Waals surface area contributed by atoms with E-state index in [9.17, 15) is 4.79 Å². The minimum atomic E-state index is -0.305. The zero-order valence-electron chi connectivity index (χ0n) is 6.81. The van der Waals surface area contributed by atoms with Gasteiger partial charge >= 0.3 is 0 Å². The SMILES string of the molecule is NN(C=O)CCOCCOCO. The van der Waals surface area contributed by atoms with Gasteiger partial charge in [-0.2, -0.15) is 0 Å². The quantitative estimate of drug-likeness (QED) is 0.116. The van der Waals surface area contributed by atoms with Gasteiger partial charge in [0.15, 0.2) is 0 Å². The number of nitrogens with zero attached hydrogens (tertiary/aromatic N) is 1. The van der Waals surface area contributed by atoms with Crippen LogP contribution in [0.5, 0.6) is 0 Å². The summed E-state index contributed by atoms with van der Waals surface area (Å²) in [5.74, 6) is 5.13. The highest BCUT2D eigenvalue weighted by Gasteiger charge is 1.93. The van der Waals surface area contributed by atoms with Crippen molar-refractivity contribution in [3.8, 4) is 0 Å². The third kappa shape index (κ3) is 7.42. The molecule has 0 aromatic heterocycles. The van der Waals surface area contributed by atoms with Crippen LogP contribution in [0.1, 0.15) is 0 Å². The second-order valence-corrected chi connectivity index (χ2v) is 1.99. The van der Waals surface area contributed by atoms with Crippen molar-refractivity contribution in [1.82, 2.24) is 5.01 Å². The lowest BCUT2D eigenvalue weighted by atomic mass is 10.6. The third-order valence-electron chi connectivity index (χ3n) is 1.09. The first-order valence-electron chi connectivity index (χ1n) is 3.54. The smallest absolute Gasteiger partial charge is 0.223 e. The maximum atomic E-state index is 9.96. The molecule has 0 heterocycles. The van der Waals surface area contributed by atoms with E-state index in [1.165, 1.54) is 0 Å². The molecule has 0 atom stereocenters. The molecule has 0 aliphatic rings. The summed E-state index contributed by atoms with van der Waals surface area (Å²) in [4.78, 5) is 9.96. The second kappa shape index (κ2) is 8.41. The van der Waals surface area contributed by atoms with Crippen LogP contribution in [0.2, 0.25) is 0 Å². The molecule has 6 heteroatoms. The van der Waals surface area contributed by atoms with Crippen molar-refractivity contribution in [3.63, 3.8) is 0 Å². The van der Waals surface area contributed by atoms with Gasteiger partial charge in [-0.05, 0) is 0 Å². The first kappa shape index (κ1) is 11.3. The van der Waals surface area contributed by atoms with Gasteiger partial charge in [0, 0.05) is 0 Å². The largest absolute Gasteiger partial charge is 0.377 e. The molecule has 0 aliphatic carbocycles. The standard InChI is InChI=1S/C6H14N2O4/c7-8(5-9)1-2-11-3-4-12-6-10/h5,10H,1-4,6-7H2. The number of ether oxygens (including phenoxy) is 2. The van der Waals surface area contributed by atoms with E-state index in [1.54, 1.807) is 0 Å². The lowest BCUT2D eigenvalue weighted by Crippen LogP contribution is -2.32. The Morgan fingerprint density at radius 3 is 2.58 bits per heavy atom. The van der Waals surface area contributed by atoms with E-state index in [0.29, 0.717) is 32.8 Å². The summed E-state index contributed by atoms with van der Waals surface area (Å²) in [7, 11) is 0. The third-order valence-corrected chi connectivity index (χ3v) is 1.09. The predicted octanol–water partition coefficient (Wildman–Crippen LogP) is -1.70. The number of carbonyl (C=O) groups is 1. The summed E-state index contributed by atoms with van der Waals surface area (Å²) < 4.78 is 9.57. The fraction of sp³-hybridized carbons (Fsp3) is 0.833. The molecular formula is C6H14N2O4. The number of rotatable bonds is 8. The Bertz CT molecular complexity index is 112. The first-order valence-corrected chi connectivity index (χ1v) is 3.54. The van der Waals surface area contributed by atoms with Crippen LogP contribution in [0.15, 0.2) is 0 Å². The molecule has 12 heavy (non-hydrogen) atoms. The molecule has 0 saturated carbocycles. The normalized spacial score (nSPS) is 9.83. The van der Waals surface area contributed by atoms with E-state index >= 15 is 0 Å².